The van der Waals surface area contributed by atoms with Crippen LogP contribution in [-0.4, -0.2) is 27.4 Å². The second-order valence-corrected chi connectivity index (χ2v) is 7.51. The third-order valence-corrected chi connectivity index (χ3v) is 5.22. The zero-order valence-electron chi connectivity index (χ0n) is 15.7. The topological polar surface area (TPSA) is 47.3 Å². The van der Waals surface area contributed by atoms with Crippen molar-refractivity contribution in [1.82, 2.24) is 9.55 Å². The Balaban J connectivity index is 1.51. The fourth-order valence-corrected chi connectivity index (χ4v) is 3.54. The Morgan fingerprint density at radius 1 is 1.19 bits per heavy atom. The van der Waals surface area contributed by atoms with E-state index in [1.807, 2.05) is 24.3 Å². The molecular formula is C22H26N2O2. The first-order valence-corrected chi connectivity index (χ1v) is 9.37. The molecule has 1 fully saturated rings. The molecule has 1 aliphatic carbocycles. The van der Waals surface area contributed by atoms with Crippen LogP contribution in [0.2, 0.25) is 0 Å². The van der Waals surface area contributed by atoms with Crippen LogP contribution in [-0.2, 0) is 6.54 Å². The van der Waals surface area contributed by atoms with Gasteiger partial charge in [-0.3, -0.25) is 0 Å². The largest absolute Gasteiger partial charge is 0.491 e. The van der Waals surface area contributed by atoms with Gasteiger partial charge in [0.25, 0.3) is 0 Å². The highest BCUT2D eigenvalue weighted by Gasteiger charge is 2.30. The fraction of sp³-hybridized carbons (Fsp3) is 0.409. The van der Waals surface area contributed by atoms with Gasteiger partial charge in [0, 0.05) is 5.92 Å². The van der Waals surface area contributed by atoms with E-state index in [2.05, 4.69) is 37.5 Å². The Morgan fingerprint density at radius 3 is 2.73 bits per heavy atom. The maximum Gasteiger partial charge on any atom is 0.122 e. The SMILES string of the molecule is Cc1cc(C)c(C)c(OCC(O)Cn2c(C3CC3)nc3ccccc32)c1. The van der Waals surface area contributed by atoms with E-state index in [0.717, 1.165) is 28.2 Å². The van der Waals surface area contributed by atoms with Crippen molar-refractivity contribution in [2.45, 2.75) is 52.2 Å². The second kappa shape index (κ2) is 6.76. The lowest BCUT2D eigenvalue weighted by Crippen LogP contribution is -2.24. The van der Waals surface area contributed by atoms with Gasteiger partial charge < -0.3 is 14.4 Å². The van der Waals surface area contributed by atoms with Gasteiger partial charge >= 0.3 is 0 Å². The van der Waals surface area contributed by atoms with Gasteiger partial charge in [0.15, 0.2) is 0 Å². The molecule has 3 aromatic rings. The van der Waals surface area contributed by atoms with Crippen LogP contribution in [0.25, 0.3) is 11.0 Å². The zero-order valence-corrected chi connectivity index (χ0v) is 15.7. The Kier molecular flexibility index (Phi) is 4.45. The normalized spacial score (nSPS) is 15.4. The molecular weight excluding hydrogens is 324 g/mol. The third kappa shape index (κ3) is 3.34. The highest BCUT2D eigenvalue weighted by atomic mass is 16.5. The van der Waals surface area contributed by atoms with Gasteiger partial charge in [-0.05, 0) is 68.5 Å². The number of aliphatic hydroxyl groups excluding tert-OH is 1. The van der Waals surface area contributed by atoms with Crippen molar-refractivity contribution in [3.63, 3.8) is 0 Å². The van der Waals surface area contributed by atoms with Crippen LogP contribution in [0, 0.1) is 20.8 Å². The summed E-state index contributed by atoms with van der Waals surface area (Å²) >= 11 is 0. The summed E-state index contributed by atoms with van der Waals surface area (Å²) in [5, 5.41) is 10.6. The van der Waals surface area contributed by atoms with Gasteiger partial charge in [0.05, 0.1) is 17.6 Å². The summed E-state index contributed by atoms with van der Waals surface area (Å²) in [6.07, 6.45) is 1.81. The molecule has 1 aromatic heterocycles. The number of benzene rings is 2. The highest BCUT2D eigenvalue weighted by Crippen LogP contribution is 2.40. The minimum atomic E-state index is -0.578. The predicted octanol–water partition coefficient (Wildman–Crippen LogP) is 4.28. The Labute approximate surface area is 154 Å². The van der Waals surface area contributed by atoms with Crippen molar-refractivity contribution in [2.24, 2.45) is 0 Å². The van der Waals surface area contributed by atoms with Crippen molar-refractivity contribution >= 4 is 11.0 Å². The van der Waals surface area contributed by atoms with Crippen molar-refractivity contribution < 1.29 is 9.84 Å². The molecule has 2 aromatic carbocycles. The van der Waals surface area contributed by atoms with Gasteiger partial charge in [0.2, 0.25) is 0 Å². The number of aryl methyl sites for hydroxylation is 2. The lowest BCUT2D eigenvalue weighted by molar-refractivity contribution is 0.0923. The lowest BCUT2D eigenvalue weighted by atomic mass is 10.1. The zero-order chi connectivity index (χ0) is 18.3. The molecule has 1 atom stereocenters. The molecule has 4 heteroatoms. The standard InChI is InChI=1S/C22H26N2O2/c1-14-10-15(2)16(3)21(11-14)26-13-18(25)12-24-20-7-5-4-6-19(20)23-22(24)17-8-9-17/h4-7,10-11,17-18,25H,8-9,12-13H2,1-3H3. The van der Waals surface area contributed by atoms with E-state index < -0.39 is 6.10 Å². The number of hydrogen-bond donors (Lipinski definition) is 1. The van der Waals surface area contributed by atoms with Gasteiger partial charge in [-0.15, -0.1) is 0 Å². The average Bonchev–Trinajstić information content (AvgIpc) is 3.40. The minimum absolute atomic E-state index is 0.278. The van der Waals surface area contributed by atoms with E-state index in [4.69, 9.17) is 9.72 Å². The van der Waals surface area contributed by atoms with Crippen molar-refractivity contribution in [3.8, 4) is 5.75 Å². The second-order valence-electron chi connectivity index (χ2n) is 7.51. The number of nitrogens with zero attached hydrogens (tertiary/aromatic N) is 2. The van der Waals surface area contributed by atoms with Crippen LogP contribution in [0.4, 0.5) is 0 Å². The van der Waals surface area contributed by atoms with Crippen LogP contribution >= 0.6 is 0 Å². The quantitative estimate of drug-likeness (QED) is 0.722. The van der Waals surface area contributed by atoms with Crippen LogP contribution in [0.3, 0.4) is 0 Å². The molecule has 26 heavy (non-hydrogen) atoms. The Morgan fingerprint density at radius 2 is 1.96 bits per heavy atom. The molecule has 0 bridgehead atoms. The van der Waals surface area contributed by atoms with Crippen molar-refractivity contribution in [1.29, 1.82) is 0 Å². The molecule has 1 N–H and O–H groups in total. The van der Waals surface area contributed by atoms with Gasteiger partial charge in [0.1, 0.15) is 24.3 Å². The number of ether oxygens (including phenoxy) is 1. The maximum atomic E-state index is 10.6. The number of rotatable bonds is 6. The van der Waals surface area contributed by atoms with E-state index in [0.29, 0.717) is 12.5 Å². The maximum absolute atomic E-state index is 10.6. The summed E-state index contributed by atoms with van der Waals surface area (Å²) in [7, 11) is 0. The van der Waals surface area contributed by atoms with E-state index in [1.54, 1.807) is 0 Å². The van der Waals surface area contributed by atoms with Gasteiger partial charge in [-0.25, -0.2) is 4.98 Å². The number of fused-ring (bicyclic) bond motifs is 1. The summed E-state index contributed by atoms with van der Waals surface area (Å²) in [5.74, 6) is 2.50. The fourth-order valence-electron chi connectivity index (χ4n) is 3.54. The highest BCUT2D eigenvalue weighted by molar-refractivity contribution is 5.76. The molecule has 1 aliphatic rings. The number of imidazole rings is 1. The van der Waals surface area contributed by atoms with Gasteiger partial charge in [-0.2, -0.15) is 0 Å². The van der Waals surface area contributed by atoms with Crippen LogP contribution in [0.5, 0.6) is 5.75 Å². The summed E-state index contributed by atoms with van der Waals surface area (Å²) in [5.41, 5.74) is 5.62. The molecule has 0 spiro atoms. The van der Waals surface area contributed by atoms with Crippen LogP contribution in [0.1, 0.15) is 41.3 Å². The van der Waals surface area contributed by atoms with Crippen molar-refractivity contribution in [3.05, 3.63) is 58.9 Å². The molecule has 4 nitrogen and oxygen atoms in total. The Hall–Kier alpha value is -2.33. The first-order valence-electron chi connectivity index (χ1n) is 9.37. The lowest BCUT2D eigenvalue weighted by Gasteiger charge is -2.17. The summed E-state index contributed by atoms with van der Waals surface area (Å²) in [6, 6.07) is 12.3. The van der Waals surface area contributed by atoms with Crippen LogP contribution in [0.15, 0.2) is 36.4 Å². The average molecular weight is 350 g/mol. The summed E-state index contributed by atoms with van der Waals surface area (Å²) < 4.78 is 8.13. The summed E-state index contributed by atoms with van der Waals surface area (Å²) in [6.45, 7) is 7.00. The molecule has 4 rings (SSSR count). The van der Waals surface area contributed by atoms with E-state index in [-0.39, 0.29) is 6.61 Å². The van der Waals surface area contributed by atoms with Gasteiger partial charge in [-0.1, -0.05) is 18.2 Å². The third-order valence-electron chi connectivity index (χ3n) is 5.22. The molecule has 0 amide bonds. The van der Waals surface area contributed by atoms with Crippen molar-refractivity contribution in [2.75, 3.05) is 6.61 Å². The summed E-state index contributed by atoms with van der Waals surface area (Å²) in [4.78, 5) is 4.79. The number of aromatic nitrogens is 2. The smallest absolute Gasteiger partial charge is 0.122 e. The first kappa shape index (κ1) is 17.1. The first-order chi connectivity index (χ1) is 12.5. The van der Waals surface area contributed by atoms with Crippen LogP contribution < -0.4 is 4.74 Å². The van der Waals surface area contributed by atoms with E-state index >= 15 is 0 Å². The number of hydrogen-bond acceptors (Lipinski definition) is 3. The monoisotopic (exact) mass is 350 g/mol. The molecule has 1 heterocycles. The van der Waals surface area contributed by atoms with E-state index in [9.17, 15) is 5.11 Å². The predicted molar refractivity (Wildman–Crippen MR) is 104 cm³/mol. The Bertz CT molecular complexity index is 941. The molecule has 0 saturated heterocycles. The molecule has 0 radical (unpaired) electrons. The molecule has 1 unspecified atom stereocenters. The molecule has 0 aliphatic heterocycles. The van der Waals surface area contributed by atoms with E-state index in [1.165, 1.54) is 24.0 Å². The number of para-hydroxylation sites is 2. The minimum Gasteiger partial charge on any atom is -0.491 e. The molecule has 1 saturated carbocycles. The molecule has 136 valence electrons. The number of aliphatic hydroxyl groups is 1.